The van der Waals surface area contributed by atoms with E-state index in [-0.39, 0.29) is 21.8 Å². The predicted molar refractivity (Wildman–Crippen MR) is 49.6 cm³/mol. The number of rotatable bonds is 3. The van der Waals surface area contributed by atoms with Crippen LogP contribution in [-0.4, -0.2) is 17.7 Å². The van der Waals surface area contributed by atoms with Gasteiger partial charge in [0, 0.05) is 5.02 Å². The first-order valence-electron chi connectivity index (χ1n) is 4.65. The van der Waals surface area contributed by atoms with Gasteiger partial charge in [-0.05, 0) is 18.1 Å². The lowest BCUT2D eigenvalue weighted by molar-refractivity contribution is -0.139. The van der Waals surface area contributed by atoms with Crippen molar-refractivity contribution < 1.29 is 18.8 Å². The molecule has 3 nitrogen and oxygen atoms in total. The summed E-state index contributed by atoms with van der Waals surface area (Å²) in [6, 6.07) is -1.21. The quantitative estimate of drug-likeness (QED) is 0.857. The van der Waals surface area contributed by atoms with E-state index in [9.17, 15) is 4.79 Å². The first-order valence-corrected chi connectivity index (χ1v) is 3.91. The zero-order valence-corrected chi connectivity index (χ0v) is 7.74. The number of carboxylic acids is 1. The number of halogens is 2. The molecule has 1 aromatic carbocycles. The van der Waals surface area contributed by atoms with Crippen LogP contribution in [0.5, 0.6) is 5.75 Å². The highest BCUT2D eigenvalue weighted by atomic mass is 35.5. The Morgan fingerprint density at radius 2 is 2.31 bits per heavy atom. The van der Waals surface area contributed by atoms with Gasteiger partial charge in [0.1, 0.15) is 5.75 Å². The molecule has 0 heterocycles. The van der Waals surface area contributed by atoms with Gasteiger partial charge >= 0.3 is 5.97 Å². The van der Waals surface area contributed by atoms with Gasteiger partial charge in [-0.15, -0.1) is 0 Å². The fraction of sp³-hybridized carbons (Fsp3) is 0.125. The summed E-state index contributed by atoms with van der Waals surface area (Å²) in [6.45, 7) is -0.702. The molecule has 0 amide bonds. The normalized spacial score (nSPS) is 12.9. The second kappa shape index (κ2) is 4.35. The molecule has 0 atom stereocenters. The molecule has 0 aliphatic carbocycles. The maximum absolute atomic E-state index is 10.3. The molecule has 0 radical (unpaired) electrons. The minimum atomic E-state index is -1.25. The number of benzene rings is 1. The van der Waals surface area contributed by atoms with E-state index in [2.05, 4.69) is 0 Å². The summed E-state index contributed by atoms with van der Waals surface area (Å²) in [7, 11) is 0. The van der Waals surface area contributed by atoms with Crippen LogP contribution >= 0.6 is 23.2 Å². The molecule has 0 fully saturated rings. The highest BCUT2D eigenvalue weighted by Gasteiger charge is 2.04. The van der Waals surface area contributed by atoms with Crippen molar-refractivity contribution in [1.29, 1.82) is 0 Å². The Hall–Kier alpha value is -0.930. The van der Waals surface area contributed by atoms with E-state index in [1.807, 2.05) is 0 Å². The van der Waals surface area contributed by atoms with Gasteiger partial charge in [0.2, 0.25) is 0 Å². The summed E-state index contributed by atoms with van der Waals surface area (Å²) in [6.07, 6.45) is 0. The molecule has 0 saturated carbocycles. The van der Waals surface area contributed by atoms with E-state index in [0.29, 0.717) is 0 Å². The molecule has 0 aliphatic heterocycles. The van der Waals surface area contributed by atoms with Crippen LogP contribution in [0, 0.1) is 0 Å². The molecule has 0 spiro atoms. The molecule has 1 aromatic rings. The largest absolute Gasteiger partial charge is 0.480 e. The smallest absolute Gasteiger partial charge is 0.341 e. The van der Waals surface area contributed by atoms with Crippen LogP contribution in [0.25, 0.3) is 0 Å². The van der Waals surface area contributed by atoms with Gasteiger partial charge in [-0.3, -0.25) is 0 Å². The summed E-state index contributed by atoms with van der Waals surface area (Å²) in [4.78, 5) is 10.3. The minimum absolute atomic E-state index is 0.266. The van der Waals surface area contributed by atoms with Crippen LogP contribution in [0.4, 0.5) is 0 Å². The van der Waals surface area contributed by atoms with Crippen molar-refractivity contribution >= 4 is 29.2 Å². The second-order valence-electron chi connectivity index (χ2n) is 2.01. The Morgan fingerprint density at radius 3 is 2.92 bits per heavy atom. The van der Waals surface area contributed by atoms with Gasteiger partial charge in [-0.25, -0.2) is 4.79 Å². The third-order valence-electron chi connectivity index (χ3n) is 1.04. The SMILES string of the molecule is [2H]c1c([2H])c(OCC(=O)O)c(Cl)c([2H])c1Cl. The Morgan fingerprint density at radius 1 is 1.62 bits per heavy atom. The first kappa shape index (κ1) is 6.51. The molecule has 5 heteroatoms. The van der Waals surface area contributed by atoms with E-state index < -0.39 is 24.7 Å². The van der Waals surface area contributed by atoms with Crippen molar-refractivity contribution in [2.24, 2.45) is 0 Å². The molecule has 0 aliphatic rings. The van der Waals surface area contributed by atoms with E-state index in [1.165, 1.54) is 0 Å². The number of hydrogen-bond acceptors (Lipinski definition) is 2. The highest BCUT2D eigenvalue weighted by molar-refractivity contribution is 6.35. The summed E-state index contributed by atoms with van der Waals surface area (Å²) >= 11 is 11.2. The number of carbonyl (C=O) groups is 1. The van der Waals surface area contributed by atoms with E-state index >= 15 is 0 Å². The molecular weight excluding hydrogens is 215 g/mol. The summed E-state index contributed by atoms with van der Waals surface area (Å²) in [5.74, 6) is -1.56. The van der Waals surface area contributed by atoms with Gasteiger partial charge < -0.3 is 9.84 Å². The molecule has 13 heavy (non-hydrogen) atoms. The highest BCUT2D eigenvalue weighted by Crippen LogP contribution is 2.27. The van der Waals surface area contributed by atoms with Gasteiger partial charge in [0.25, 0.3) is 0 Å². The van der Waals surface area contributed by atoms with Crippen molar-refractivity contribution in [1.82, 2.24) is 0 Å². The number of carboxylic acid groups (broad SMARTS) is 1. The Balaban J connectivity index is 3.23. The fourth-order valence-electron chi connectivity index (χ4n) is 0.584. The lowest BCUT2D eigenvalue weighted by Gasteiger charge is -2.04. The molecule has 0 unspecified atom stereocenters. The van der Waals surface area contributed by atoms with Crippen molar-refractivity contribution in [3.63, 3.8) is 0 Å². The van der Waals surface area contributed by atoms with Crippen LogP contribution in [-0.2, 0) is 4.79 Å². The zero-order chi connectivity index (χ0) is 12.5. The molecule has 0 aromatic heterocycles. The van der Waals surface area contributed by atoms with Crippen molar-refractivity contribution in [3.05, 3.63) is 28.2 Å². The molecule has 1 rings (SSSR count). The summed E-state index contributed by atoms with van der Waals surface area (Å²) < 4.78 is 27.0. The lowest BCUT2D eigenvalue weighted by Crippen LogP contribution is -2.09. The average molecular weight is 224 g/mol. The molecule has 0 saturated heterocycles. The van der Waals surface area contributed by atoms with Crippen LogP contribution in [0.15, 0.2) is 18.1 Å². The summed E-state index contributed by atoms with van der Waals surface area (Å²) in [5.41, 5.74) is 0. The first-order chi connectivity index (χ1) is 7.36. The number of hydrogen-bond donors (Lipinski definition) is 1. The van der Waals surface area contributed by atoms with Crippen molar-refractivity contribution in [2.75, 3.05) is 6.61 Å². The second-order valence-corrected chi connectivity index (χ2v) is 2.77. The lowest BCUT2D eigenvalue weighted by atomic mass is 10.3. The van der Waals surface area contributed by atoms with Gasteiger partial charge in [-0.1, -0.05) is 23.2 Å². The van der Waals surface area contributed by atoms with Gasteiger partial charge in [-0.2, -0.15) is 0 Å². The van der Waals surface area contributed by atoms with Gasteiger partial charge in [0.15, 0.2) is 6.61 Å². The molecular formula is C8H6Cl2O3. The van der Waals surface area contributed by atoms with Crippen LogP contribution < -0.4 is 4.74 Å². The Labute approximate surface area is 89.1 Å². The van der Waals surface area contributed by atoms with E-state index in [1.54, 1.807) is 0 Å². The maximum Gasteiger partial charge on any atom is 0.341 e. The maximum atomic E-state index is 10.3. The fourth-order valence-corrected chi connectivity index (χ4v) is 0.971. The van der Waals surface area contributed by atoms with Gasteiger partial charge in [0.05, 0.1) is 9.13 Å². The average Bonchev–Trinajstić information content (AvgIpc) is 2.23. The third-order valence-corrected chi connectivity index (χ3v) is 1.50. The van der Waals surface area contributed by atoms with Crippen molar-refractivity contribution in [3.8, 4) is 5.75 Å². The van der Waals surface area contributed by atoms with E-state index in [4.69, 9.17) is 37.2 Å². The molecule has 1 N–H and O–H groups in total. The van der Waals surface area contributed by atoms with Crippen LogP contribution in [0.3, 0.4) is 0 Å². The monoisotopic (exact) mass is 223 g/mol. The van der Waals surface area contributed by atoms with Crippen LogP contribution in [0.2, 0.25) is 10.0 Å². The Kier molecular flexibility index (Phi) is 2.18. The van der Waals surface area contributed by atoms with Crippen LogP contribution in [0.1, 0.15) is 4.11 Å². The van der Waals surface area contributed by atoms with Crippen molar-refractivity contribution in [2.45, 2.75) is 0 Å². The standard InChI is InChI=1S/C8H6Cl2O3/c9-5-1-2-7(6(10)3-5)13-4-8(11)12/h1-3H,4H2,(H,11,12)/i1D,2D,3D. The molecule has 70 valence electrons. The predicted octanol–water partition coefficient (Wildman–Crippen LogP) is 2.46. The minimum Gasteiger partial charge on any atom is -0.480 e. The zero-order valence-electron chi connectivity index (χ0n) is 9.23. The number of aliphatic carboxylic acids is 1. The Bertz CT molecular complexity index is 422. The topological polar surface area (TPSA) is 46.5 Å². The van der Waals surface area contributed by atoms with E-state index in [0.717, 1.165) is 0 Å². The summed E-state index contributed by atoms with van der Waals surface area (Å²) in [5, 5.41) is 7.86. The molecule has 0 bridgehead atoms. The third kappa shape index (κ3) is 3.13. The number of ether oxygens (including phenoxy) is 1.